The summed E-state index contributed by atoms with van der Waals surface area (Å²) in [4.78, 5) is 3.58. The van der Waals surface area contributed by atoms with Crippen LogP contribution in [0.2, 0.25) is 0 Å². The molecular weight excluding hydrogens is 142 g/mol. The van der Waals surface area contributed by atoms with Crippen molar-refractivity contribution in [3.05, 3.63) is 21.9 Å². The van der Waals surface area contributed by atoms with Crippen LogP contribution in [0.4, 0.5) is 0 Å². The van der Waals surface area contributed by atoms with E-state index in [9.17, 15) is 0 Å². The Morgan fingerprint density at radius 3 is 2.60 bits per heavy atom. The zero-order valence-corrected chi connectivity index (χ0v) is 7.53. The highest BCUT2D eigenvalue weighted by Gasteiger charge is 1.95. The van der Waals surface area contributed by atoms with E-state index in [1.54, 1.807) is 0 Å². The van der Waals surface area contributed by atoms with Crippen LogP contribution in [0.3, 0.4) is 0 Å². The molecular formula is C8H13NS. The number of rotatable bonds is 2. The first-order valence-electron chi connectivity index (χ1n) is 3.37. The number of nitrogens with zero attached hydrogens (tertiary/aromatic N) is 1. The van der Waals surface area contributed by atoms with E-state index in [0.29, 0.717) is 0 Å². The topological polar surface area (TPSA) is 3.24 Å². The molecule has 0 amide bonds. The molecule has 0 saturated heterocycles. The largest absolute Gasteiger partial charge is 0.305 e. The van der Waals surface area contributed by atoms with Gasteiger partial charge in [0.25, 0.3) is 0 Å². The summed E-state index contributed by atoms with van der Waals surface area (Å²) in [6.45, 7) is 3.20. The third-order valence-electron chi connectivity index (χ3n) is 1.28. The van der Waals surface area contributed by atoms with Crippen LogP contribution >= 0.6 is 11.3 Å². The van der Waals surface area contributed by atoms with Crippen LogP contribution in [-0.2, 0) is 6.54 Å². The molecule has 0 bridgehead atoms. The summed E-state index contributed by atoms with van der Waals surface area (Å²) in [7, 11) is 4.18. The summed E-state index contributed by atoms with van der Waals surface area (Å²) in [6.07, 6.45) is 0. The van der Waals surface area contributed by atoms with Crippen LogP contribution in [-0.4, -0.2) is 19.0 Å². The summed E-state index contributed by atoms with van der Waals surface area (Å²) in [6, 6.07) is 2.24. The third kappa shape index (κ3) is 2.12. The molecule has 0 aliphatic rings. The average molecular weight is 155 g/mol. The lowest BCUT2D eigenvalue weighted by atomic mass is 10.3. The molecule has 0 radical (unpaired) electrons. The van der Waals surface area contributed by atoms with Crippen molar-refractivity contribution in [2.24, 2.45) is 0 Å². The highest BCUT2D eigenvalue weighted by atomic mass is 32.1. The molecule has 1 heterocycles. The Hall–Kier alpha value is -0.340. The van der Waals surface area contributed by atoms with Gasteiger partial charge in [0.15, 0.2) is 0 Å². The molecule has 0 aromatic carbocycles. The van der Waals surface area contributed by atoms with Crippen LogP contribution in [0.25, 0.3) is 0 Å². The molecule has 2 heteroatoms. The number of hydrogen-bond acceptors (Lipinski definition) is 2. The van der Waals surface area contributed by atoms with Crippen molar-refractivity contribution in [3.8, 4) is 0 Å². The van der Waals surface area contributed by atoms with Crippen molar-refractivity contribution in [1.29, 1.82) is 0 Å². The zero-order chi connectivity index (χ0) is 7.56. The second kappa shape index (κ2) is 3.17. The van der Waals surface area contributed by atoms with Gasteiger partial charge in [-0.2, -0.15) is 0 Å². The van der Waals surface area contributed by atoms with Gasteiger partial charge in [0, 0.05) is 11.4 Å². The molecule has 1 aromatic rings. The van der Waals surface area contributed by atoms with Gasteiger partial charge >= 0.3 is 0 Å². The van der Waals surface area contributed by atoms with Crippen molar-refractivity contribution in [3.63, 3.8) is 0 Å². The molecule has 0 aliphatic heterocycles. The molecule has 0 atom stereocenters. The Bertz CT molecular complexity index is 203. The van der Waals surface area contributed by atoms with E-state index in [4.69, 9.17) is 0 Å². The van der Waals surface area contributed by atoms with Crippen molar-refractivity contribution in [2.45, 2.75) is 13.5 Å². The minimum Gasteiger partial charge on any atom is -0.305 e. The average Bonchev–Trinajstić information content (AvgIpc) is 2.13. The summed E-state index contributed by atoms with van der Waals surface area (Å²) in [5, 5.41) is 2.22. The maximum atomic E-state index is 2.24. The minimum atomic E-state index is 1.06. The molecule has 0 aliphatic carbocycles. The smallest absolute Gasteiger partial charge is 0.0235 e. The predicted molar refractivity (Wildman–Crippen MR) is 46.4 cm³/mol. The second-order valence-electron chi connectivity index (χ2n) is 2.80. The first kappa shape index (κ1) is 7.76. The molecule has 1 rings (SSSR count). The quantitative estimate of drug-likeness (QED) is 0.632. The highest BCUT2D eigenvalue weighted by Crippen LogP contribution is 2.13. The summed E-state index contributed by atoms with van der Waals surface area (Å²) < 4.78 is 0. The van der Waals surface area contributed by atoms with Gasteiger partial charge in [0.1, 0.15) is 0 Å². The second-order valence-corrected chi connectivity index (χ2v) is 3.92. The maximum absolute atomic E-state index is 2.24. The monoisotopic (exact) mass is 155 g/mol. The summed E-state index contributed by atoms with van der Waals surface area (Å²) >= 11 is 1.82. The molecule has 1 nitrogen and oxygen atoms in total. The number of thiophene rings is 1. The van der Waals surface area contributed by atoms with E-state index < -0.39 is 0 Å². The number of hydrogen-bond donors (Lipinski definition) is 0. The Morgan fingerprint density at radius 2 is 2.20 bits per heavy atom. The first-order chi connectivity index (χ1) is 4.68. The van der Waals surface area contributed by atoms with Crippen molar-refractivity contribution >= 4 is 11.3 Å². The van der Waals surface area contributed by atoms with Gasteiger partial charge in [-0.1, -0.05) is 0 Å². The molecule has 1 aromatic heterocycles. The zero-order valence-electron chi connectivity index (χ0n) is 6.72. The van der Waals surface area contributed by atoms with Crippen molar-refractivity contribution < 1.29 is 0 Å². The van der Waals surface area contributed by atoms with Crippen LogP contribution in [0, 0.1) is 6.92 Å². The van der Waals surface area contributed by atoms with E-state index in [2.05, 4.69) is 37.4 Å². The van der Waals surface area contributed by atoms with Crippen LogP contribution in [0.5, 0.6) is 0 Å². The molecule has 0 fully saturated rings. The fourth-order valence-electron chi connectivity index (χ4n) is 0.946. The van der Waals surface area contributed by atoms with Crippen LogP contribution in [0.1, 0.15) is 10.4 Å². The fourth-order valence-corrected chi connectivity index (χ4v) is 1.65. The van der Waals surface area contributed by atoms with E-state index in [0.717, 1.165) is 6.54 Å². The van der Waals surface area contributed by atoms with Gasteiger partial charge < -0.3 is 4.90 Å². The third-order valence-corrected chi connectivity index (χ3v) is 2.19. The van der Waals surface area contributed by atoms with E-state index in [1.165, 1.54) is 10.4 Å². The van der Waals surface area contributed by atoms with E-state index >= 15 is 0 Å². The molecule has 0 N–H and O–H groups in total. The Kier molecular flexibility index (Phi) is 2.46. The fraction of sp³-hybridized carbons (Fsp3) is 0.500. The van der Waals surface area contributed by atoms with Crippen LogP contribution < -0.4 is 0 Å². The van der Waals surface area contributed by atoms with E-state index in [-0.39, 0.29) is 0 Å². The summed E-state index contributed by atoms with van der Waals surface area (Å²) in [5.74, 6) is 0. The molecule has 0 unspecified atom stereocenters. The van der Waals surface area contributed by atoms with Gasteiger partial charge in [-0.15, -0.1) is 11.3 Å². The van der Waals surface area contributed by atoms with Gasteiger partial charge in [-0.05, 0) is 38.0 Å². The Labute approximate surface area is 66.3 Å². The molecule has 0 saturated carbocycles. The van der Waals surface area contributed by atoms with Crippen molar-refractivity contribution in [1.82, 2.24) is 4.90 Å². The lowest BCUT2D eigenvalue weighted by molar-refractivity contribution is 0.403. The predicted octanol–water partition coefficient (Wildman–Crippen LogP) is 2.12. The Morgan fingerprint density at radius 1 is 1.50 bits per heavy atom. The minimum absolute atomic E-state index is 1.06. The van der Waals surface area contributed by atoms with Crippen LogP contribution in [0.15, 0.2) is 11.4 Å². The normalized spacial score (nSPS) is 10.8. The summed E-state index contributed by atoms with van der Waals surface area (Å²) in [5.41, 5.74) is 1.42. The standard InChI is InChI=1S/C8H13NS/c1-7-4-8(6-10-7)5-9(2)3/h4,6H,5H2,1-3H3. The number of aryl methyl sites for hydroxylation is 1. The lowest BCUT2D eigenvalue weighted by Gasteiger charge is -2.05. The highest BCUT2D eigenvalue weighted by molar-refractivity contribution is 7.10. The van der Waals surface area contributed by atoms with Gasteiger partial charge in [0.2, 0.25) is 0 Å². The van der Waals surface area contributed by atoms with Gasteiger partial charge in [-0.3, -0.25) is 0 Å². The molecule has 10 heavy (non-hydrogen) atoms. The van der Waals surface area contributed by atoms with Crippen molar-refractivity contribution in [2.75, 3.05) is 14.1 Å². The maximum Gasteiger partial charge on any atom is 0.0235 e. The van der Waals surface area contributed by atoms with Gasteiger partial charge in [-0.25, -0.2) is 0 Å². The Balaban J connectivity index is 2.58. The SMILES string of the molecule is Cc1cc(CN(C)C)cs1. The van der Waals surface area contributed by atoms with Gasteiger partial charge in [0.05, 0.1) is 0 Å². The van der Waals surface area contributed by atoms with E-state index in [1.807, 2.05) is 11.3 Å². The lowest BCUT2D eigenvalue weighted by Crippen LogP contribution is -2.09. The first-order valence-corrected chi connectivity index (χ1v) is 4.25. The molecule has 56 valence electrons. The molecule has 0 spiro atoms.